The third-order valence-corrected chi connectivity index (χ3v) is 6.13. The molecule has 1 aliphatic heterocycles. The number of halogens is 3. The number of aliphatic imine (C=N–C) groups is 1. The number of hydrogen-bond donors (Lipinski definition) is 2. The molecule has 176 valence electrons. The highest BCUT2D eigenvalue weighted by molar-refractivity contribution is 7.78. The van der Waals surface area contributed by atoms with Crippen LogP contribution in [-0.4, -0.2) is 33.1 Å². The molecule has 2 amide bonds. The fraction of sp³-hybridized carbons (Fsp3) is 0.160. The Bertz CT molecular complexity index is 1590. The number of aryl methyl sites for hydroxylation is 1. The zero-order valence-electron chi connectivity index (χ0n) is 18.1. The quantitative estimate of drug-likeness (QED) is 0.167. The number of nitrogens with one attached hydrogen (secondary N) is 2. The predicted molar refractivity (Wildman–Crippen MR) is 130 cm³/mol. The molecule has 0 bridgehead atoms. The van der Waals surface area contributed by atoms with E-state index in [0.717, 1.165) is 23.0 Å². The van der Waals surface area contributed by atoms with Gasteiger partial charge < -0.3 is 9.55 Å². The predicted octanol–water partition coefficient (Wildman–Crippen LogP) is 5.20. The number of fused-ring (bicyclic) bond motifs is 2. The number of rotatable bonds is 6. The van der Waals surface area contributed by atoms with Gasteiger partial charge in [-0.2, -0.15) is 13.2 Å². The van der Waals surface area contributed by atoms with E-state index in [1.807, 2.05) is 18.2 Å². The number of hydrogen-bond acceptors (Lipinski definition) is 4. The number of imide groups is 1. The van der Waals surface area contributed by atoms with Gasteiger partial charge in [0, 0.05) is 51.9 Å². The molecular weight excluding hydrogens is 477 g/mol. The van der Waals surface area contributed by atoms with Crippen molar-refractivity contribution in [3.05, 3.63) is 71.5 Å². The van der Waals surface area contributed by atoms with Crippen molar-refractivity contribution in [2.75, 3.05) is 6.54 Å². The molecule has 0 unspecified atom stereocenters. The number of benzene rings is 2. The van der Waals surface area contributed by atoms with Crippen LogP contribution < -0.4 is 5.32 Å². The number of thiocarbonyl (C=S) groups is 1. The molecule has 4 aromatic rings. The average molecular weight is 494 g/mol. The van der Waals surface area contributed by atoms with Crippen molar-refractivity contribution in [3.63, 3.8) is 0 Å². The topological polar surface area (TPSA) is 79.2 Å². The Balaban J connectivity index is 1.76. The Kier molecular flexibility index (Phi) is 5.62. The Morgan fingerprint density at radius 2 is 1.74 bits per heavy atom. The van der Waals surface area contributed by atoms with E-state index in [4.69, 9.17) is 0 Å². The lowest BCUT2D eigenvalue weighted by atomic mass is 9.95. The van der Waals surface area contributed by atoms with Gasteiger partial charge in [-0.15, -0.1) is 0 Å². The first-order valence-electron chi connectivity index (χ1n) is 10.7. The number of amides is 2. The summed E-state index contributed by atoms with van der Waals surface area (Å²) in [6, 6.07) is 10.7. The molecule has 0 atom stereocenters. The lowest BCUT2D eigenvalue weighted by molar-refractivity contribution is -0.137. The molecule has 10 heteroatoms. The van der Waals surface area contributed by atoms with Crippen LogP contribution in [0.25, 0.3) is 33.0 Å². The molecule has 2 N–H and O–H groups in total. The molecule has 0 aliphatic carbocycles. The van der Waals surface area contributed by atoms with E-state index >= 15 is 0 Å². The van der Waals surface area contributed by atoms with Crippen LogP contribution in [0.4, 0.5) is 13.2 Å². The van der Waals surface area contributed by atoms with E-state index in [0.29, 0.717) is 30.6 Å². The SMILES string of the molecule is O=C1NC(=O)C(c2cn(CCCN=C=S)c3ccc(C(F)(F)F)cc23)=C1c1c[nH]c2ccccc12. The van der Waals surface area contributed by atoms with Crippen molar-refractivity contribution in [1.29, 1.82) is 0 Å². The van der Waals surface area contributed by atoms with Crippen LogP contribution in [0, 0.1) is 0 Å². The molecule has 2 aromatic carbocycles. The summed E-state index contributed by atoms with van der Waals surface area (Å²) in [6.07, 6.45) is -0.757. The van der Waals surface area contributed by atoms with Crippen molar-refractivity contribution < 1.29 is 22.8 Å². The molecule has 0 fully saturated rings. The number of isothiocyanates is 1. The van der Waals surface area contributed by atoms with Crippen molar-refractivity contribution in [2.45, 2.75) is 19.1 Å². The number of carbonyl (C=O) groups excluding carboxylic acids is 2. The van der Waals surface area contributed by atoms with Gasteiger partial charge in [-0.1, -0.05) is 18.2 Å². The summed E-state index contributed by atoms with van der Waals surface area (Å²) in [5.74, 6) is -1.25. The third kappa shape index (κ3) is 3.96. The second kappa shape index (κ2) is 8.65. The first-order chi connectivity index (χ1) is 16.8. The van der Waals surface area contributed by atoms with Crippen molar-refractivity contribution in [1.82, 2.24) is 14.9 Å². The van der Waals surface area contributed by atoms with Gasteiger partial charge in [0.25, 0.3) is 11.8 Å². The molecule has 0 saturated heterocycles. The summed E-state index contributed by atoms with van der Waals surface area (Å²) in [6.45, 7) is 0.828. The van der Waals surface area contributed by atoms with E-state index in [1.54, 1.807) is 23.0 Å². The standard InChI is InChI=1S/C25H17F3N4O2S/c26-25(27,28)14-6-7-20-16(10-14)18(12-32(20)9-3-8-29-13-35)22-21(23(33)31-24(22)34)17-11-30-19-5-2-1-4-15(17)19/h1-2,4-7,10-12,30H,3,8-9H2,(H,31,33,34). The van der Waals surface area contributed by atoms with Gasteiger partial charge in [-0.25, -0.2) is 4.99 Å². The number of carbonyl (C=O) groups is 2. The van der Waals surface area contributed by atoms with E-state index in [2.05, 4.69) is 32.7 Å². The number of nitrogens with zero attached hydrogens (tertiary/aromatic N) is 2. The maximum absolute atomic E-state index is 13.5. The summed E-state index contributed by atoms with van der Waals surface area (Å²) in [5.41, 5.74) is 1.36. The number of para-hydroxylation sites is 1. The van der Waals surface area contributed by atoms with Crippen molar-refractivity contribution >= 4 is 62.1 Å². The van der Waals surface area contributed by atoms with Crippen LogP contribution in [0.2, 0.25) is 0 Å². The first kappa shape index (κ1) is 22.8. The van der Waals surface area contributed by atoms with Crippen LogP contribution >= 0.6 is 12.2 Å². The van der Waals surface area contributed by atoms with Gasteiger partial charge in [0.15, 0.2) is 0 Å². The van der Waals surface area contributed by atoms with Gasteiger partial charge in [0.05, 0.1) is 28.4 Å². The smallest absolute Gasteiger partial charge is 0.361 e. The van der Waals surface area contributed by atoms with Gasteiger partial charge in [-0.05, 0) is 42.9 Å². The molecule has 2 aromatic heterocycles. The average Bonchev–Trinajstić information content (AvgIpc) is 3.48. The normalized spacial score (nSPS) is 14.1. The first-order valence-corrected chi connectivity index (χ1v) is 11.1. The highest BCUT2D eigenvalue weighted by Crippen LogP contribution is 2.40. The fourth-order valence-corrected chi connectivity index (χ4v) is 4.56. The Morgan fingerprint density at radius 1 is 1.00 bits per heavy atom. The second-order valence-corrected chi connectivity index (χ2v) is 8.26. The number of alkyl halides is 3. The zero-order chi connectivity index (χ0) is 24.7. The van der Waals surface area contributed by atoms with Crippen molar-refractivity contribution in [3.8, 4) is 0 Å². The summed E-state index contributed by atoms with van der Waals surface area (Å²) in [7, 11) is 0. The fourth-order valence-electron chi connectivity index (χ4n) is 4.47. The minimum Gasteiger partial charge on any atom is -0.361 e. The van der Waals surface area contributed by atoms with E-state index < -0.39 is 23.6 Å². The minimum atomic E-state index is -4.57. The van der Waals surface area contributed by atoms with Crippen LogP contribution in [0.5, 0.6) is 0 Å². The molecular formula is C25H17F3N4O2S. The molecule has 0 spiro atoms. The zero-order valence-corrected chi connectivity index (χ0v) is 18.9. The van der Waals surface area contributed by atoms with E-state index in [1.165, 1.54) is 6.07 Å². The van der Waals surface area contributed by atoms with Crippen LogP contribution in [0.1, 0.15) is 23.1 Å². The highest BCUT2D eigenvalue weighted by atomic mass is 32.1. The molecule has 3 heterocycles. The monoisotopic (exact) mass is 494 g/mol. The largest absolute Gasteiger partial charge is 0.416 e. The molecule has 0 radical (unpaired) electrons. The van der Waals surface area contributed by atoms with Crippen LogP contribution in [0.15, 0.2) is 59.9 Å². The minimum absolute atomic E-state index is 0.0414. The Labute approximate surface area is 202 Å². The van der Waals surface area contributed by atoms with Crippen molar-refractivity contribution in [2.24, 2.45) is 4.99 Å². The summed E-state index contributed by atoms with van der Waals surface area (Å²) in [4.78, 5) is 32.9. The molecule has 5 rings (SSSR count). The Morgan fingerprint density at radius 3 is 2.49 bits per heavy atom. The summed E-state index contributed by atoms with van der Waals surface area (Å²) >= 11 is 4.58. The number of aromatic nitrogens is 2. The van der Waals surface area contributed by atoms with E-state index in [9.17, 15) is 22.8 Å². The molecule has 35 heavy (non-hydrogen) atoms. The number of aromatic amines is 1. The van der Waals surface area contributed by atoms with Crippen LogP contribution in [-0.2, 0) is 22.3 Å². The lowest BCUT2D eigenvalue weighted by Crippen LogP contribution is -2.22. The van der Waals surface area contributed by atoms with Gasteiger partial charge in [0.1, 0.15) is 0 Å². The van der Waals surface area contributed by atoms with Gasteiger partial charge >= 0.3 is 6.18 Å². The summed E-state index contributed by atoms with van der Waals surface area (Å²) in [5, 5.41) is 5.56. The summed E-state index contributed by atoms with van der Waals surface area (Å²) < 4.78 is 42.4. The lowest BCUT2D eigenvalue weighted by Gasteiger charge is -2.08. The number of H-pyrrole nitrogens is 1. The maximum Gasteiger partial charge on any atom is 0.416 e. The molecule has 6 nitrogen and oxygen atoms in total. The van der Waals surface area contributed by atoms with Gasteiger partial charge in [-0.3, -0.25) is 14.9 Å². The third-order valence-electron chi connectivity index (χ3n) is 6.00. The molecule has 1 aliphatic rings. The maximum atomic E-state index is 13.5. The second-order valence-electron chi connectivity index (χ2n) is 8.07. The van der Waals surface area contributed by atoms with Gasteiger partial charge in [0.2, 0.25) is 0 Å². The van der Waals surface area contributed by atoms with Crippen LogP contribution in [0.3, 0.4) is 0 Å². The van der Waals surface area contributed by atoms with E-state index in [-0.39, 0.29) is 22.1 Å². The molecule has 0 saturated carbocycles. The highest BCUT2D eigenvalue weighted by Gasteiger charge is 2.36. The Hall–Kier alpha value is -4.01.